The van der Waals surface area contributed by atoms with Crippen LogP contribution in [-0.2, 0) is 4.74 Å². The lowest BCUT2D eigenvalue weighted by Crippen LogP contribution is -2.20. The molecule has 0 radical (unpaired) electrons. The van der Waals surface area contributed by atoms with Crippen molar-refractivity contribution in [2.75, 3.05) is 0 Å². The molecule has 4 atom stereocenters. The Morgan fingerprint density at radius 3 is 2.35 bits per heavy atom. The minimum absolute atomic E-state index is 0.0110. The Kier molecular flexibility index (Phi) is 2.13. The van der Waals surface area contributed by atoms with E-state index in [0.29, 0.717) is 0 Å². The summed E-state index contributed by atoms with van der Waals surface area (Å²) in [5.41, 5.74) is 4.59. The van der Waals surface area contributed by atoms with Gasteiger partial charge in [-0.05, 0) is 51.4 Å². The summed E-state index contributed by atoms with van der Waals surface area (Å²) < 4.78 is 7.34. The number of carbonyl (C=O) groups excluding carboxylic acids is 1. The number of ketones is 1. The first-order valence-electron chi connectivity index (χ1n) is 6.83. The molecule has 3 aliphatic rings. The number of fused-ring (bicyclic) bond motifs is 10. The molecule has 5 rings (SSSR count). The van der Waals surface area contributed by atoms with Crippen molar-refractivity contribution in [3.63, 3.8) is 0 Å². The Hall–Kier alpha value is -1.20. The third-order valence-electron chi connectivity index (χ3n) is 4.88. The second kappa shape index (κ2) is 3.71. The van der Waals surface area contributed by atoms with Crippen LogP contribution in [0, 0.1) is 9.49 Å². The van der Waals surface area contributed by atoms with Crippen molar-refractivity contribution in [3.8, 4) is 0 Å². The molecule has 2 aromatic carbocycles. The summed E-state index contributed by atoms with van der Waals surface area (Å²) in [6.07, 6.45) is 0.0170. The van der Waals surface area contributed by atoms with Crippen LogP contribution in [0.3, 0.4) is 0 Å². The normalized spacial score (nSPS) is 32.1. The lowest BCUT2D eigenvalue weighted by Gasteiger charge is -2.23. The number of hydrogen-bond donors (Lipinski definition) is 0. The van der Waals surface area contributed by atoms with E-state index in [9.17, 15) is 4.79 Å². The topological polar surface area (TPSA) is 26.3 Å². The number of Topliss-reactive ketones (excluding diaryl/α,β-unsaturated/α-hetero) is 1. The number of ether oxygens (including phenoxy) is 1. The monoisotopic (exact) mass is 374 g/mol. The molecule has 0 aromatic heterocycles. The first-order valence-corrected chi connectivity index (χ1v) is 7.91. The van der Waals surface area contributed by atoms with Crippen molar-refractivity contribution in [3.05, 3.63) is 68.3 Å². The third kappa shape index (κ3) is 1.21. The highest BCUT2D eigenvalue weighted by Gasteiger charge is 2.59. The molecule has 0 N–H and O–H groups in total. The number of carbonyl (C=O) groups is 1. The summed E-state index contributed by atoms with van der Waals surface area (Å²) in [6.45, 7) is 0. The summed E-state index contributed by atoms with van der Waals surface area (Å²) in [7, 11) is 0. The average molecular weight is 374 g/mol. The van der Waals surface area contributed by atoms with Crippen LogP contribution in [0.5, 0.6) is 0 Å². The molecule has 1 aliphatic carbocycles. The average Bonchev–Trinajstić information content (AvgIpc) is 3.10. The highest BCUT2D eigenvalue weighted by molar-refractivity contribution is 14.1. The Labute approximate surface area is 130 Å². The zero-order valence-electron chi connectivity index (χ0n) is 10.5. The highest BCUT2D eigenvalue weighted by atomic mass is 127. The Morgan fingerprint density at radius 1 is 0.900 bits per heavy atom. The van der Waals surface area contributed by atoms with E-state index in [1.165, 1.54) is 20.3 Å². The van der Waals surface area contributed by atoms with Crippen molar-refractivity contribution >= 4 is 28.4 Å². The van der Waals surface area contributed by atoms with E-state index in [1.807, 2.05) is 18.2 Å². The van der Waals surface area contributed by atoms with Crippen molar-refractivity contribution in [2.45, 2.75) is 18.1 Å². The van der Waals surface area contributed by atoms with E-state index in [-0.39, 0.29) is 29.8 Å². The smallest absolute Gasteiger partial charge is 0.169 e. The maximum Gasteiger partial charge on any atom is 0.169 e. The van der Waals surface area contributed by atoms with Crippen molar-refractivity contribution in [2.24, 2.45) is 5.92 Å². The predicted molar refractivity (Wildman–Crippen MR) is 82.7 cm³/mol. The lowest BCUT2D eigenvalue weighted by atomic mass is 9.76. The van der Waals surface area contributed by atoms with E-state index < -0.39 is 0 Å². The van der Waals surface area contributed by atoms with Gasteiger partial charge >= 0.3 is 0 Å². The lowest BCUT2D eigenvalue weighted by molar-refractivity contribution is 0.0526. The van der Waals surface area contributed by atoms with Gasteiger partial charge in [0, 0.05) is 15.1 Å². The first-order chi connectivity index (χ1) is 9.75. The van der Waals surface area contributed by atoms with E-state index in [2.05, 4.69) is 46.9 Å². The van der Waals surface area contributed by atoms with Crippen LogP contribution in [-0.4, -0.2) is 5.78 Å². The van der Waals surface area contributed by atoms with E-state index in [1.54, 1.807) is 0 Å². The molecule has 2 nitrogen and oxygen atoms in total. The maximum atomic E-state index is 12.7. The van der Waals surface area contributed by atoms with E-state index in [4.69, 9.17) is 4.74 Å². The van der Waals surface area contributed by atoms with Crippen LogP contribution in [0.4, 0.5) is 0 Å². The molecule has 1 saturated heterocycles. The standard InChI is InChI=1S/C17H11IO2/c18-8-5-6-9-12(7-8)13-14(15(9)19)17-11-4-2-1-3-10(11)16(13)20-17/h1-7,13-14,16-17H/t13-,14-,16+,17-/m0/s1. The molecule has 2 aromatic rings. The SMILES string of the molecule is O=C1c2ccc(I)cc2[C@H]2[C@@H]1[C@H]1O[C@@H]2c2ccccc21. The van der Waals surface area contributed by atoms with Gasteiger partial charge in [0.05, 0.1) is 18.1 Å². The van der Waals surface area contributed by atoms with Gasteiger partial charge in [-0.2, -0.15) is 0 Å². The van der Waals surface area contributed by atoms with E-state index in [0.717, 1.165) is 5.56 Å². The van der Waals surface area contributed by atoms with Crippen LogP contribution in [0.25, 0.3) is 0 Å². The number of halogens is 1. The molecule has 1 fully saturated rings. The largest absolute Gasteiger partial charge is 0.364 e. The maximum absolute atomic E-state index is 12.7. The molecule has 2 aliphatic heterocycles. The van der Waals surface area contributed by atoms with Gasteiger partial charge in [0.15, 0.2) is 5.78 Å². The fourth-order valence-electron chi connectivity index (χ4n) is 4.14. The molecule has 20 heavy (non-hydrogen) atoms. The zero-order chi connectivity index (χ0) is 13.4. The first kappa shape index (κ1) is 11.5. The van der Waals surface area contributed by atoms with Crippen LogP contribution < -0.4 is 0 Å². The van der Waals surface area contributed by atoms with Crippen LogP contribution in [0.2, 0.25) is 0 Å². The zero-order valence-corrected chi connectivity index (χ0v) is 12.7. The number of rotatable bonds is 0. The summed E-state index contributed by atoms with van der Waals surface area (Å²) in [4.78, 5) is 12.7. The van der Waals surface area contributed by atoms with Crippen molar-refractivity contribution in [1.29, 1.82) is 0 Å². The number of hydrogen-bond acceptors (Lipinski definition) is 2. The predicted octanol–water partition coefficient (Wildman–Crippen LogP) is 4.01. The third-order valence-corrected chi connectivity index (χ3v) is 5.55. The minimum Gasteiger partial charge on any atom is -0.364 e. The molecular weight excluding hydrogens is 363 g/mol. The van der Waals surface area contributed by atoms with Crippen molar-refractivity contribution < 1.29 is 9.53 Å². The molecule has 0 unspecified atom stereocenters. The van der Waals surface area contributed by atoms with E-state index >= 15 is 0 Å². The molecular formula is C17H11IO2. The van der Waals surface area contributed by atoms with Gasteiger partial charge in [-0.25, -0.2) is 0 Å². The summed E-state index contributed by atoms with van der Waals surface area (Å²) in [5.74, 6) is 0.471. The van der Waals surface area contributed by atoms with Gasteiger partial charge in [0.1, 0.15) is 0 Å². The van der Waals surface area contributed by atoms with Gasteiger partial charge in [-0.1, -0.05) is 30.3 Å². The summed E-state index contributed by atoms with van der Waals surface area (Å²) in [5, 5.41) is 0. The van der Waals surface area contributed by atoms with Crippen LogP contribution >= 0.6 is 22.6 Å². The van der Waals surface area contributed by atoms with Crippen LogP contribution in [0.1, 0.15) is 45.2 Å². The molecule has 0 saturated carbocycles. The van der Waals surface area contributed by atoms with Gasteiger partial charge < -0.3 is 4.74 Å². The molecule has 0 amide bonds. The fourth-order valence-corrected chi connectivity index (χ4v) is 4.65. The summed E-state index contributed by atoms with van der Waals surface area (Å²) >= 11 is 2.31. The second-order valence-corrected chi connectivity index (χ2v) is 7.00. The van der Waals surface area contributed by atoms with Gasteiger partial charge in [0.25, 0.3) is 0 Å². The Bertz CT molecular complexity index is 767. The summed E-state index contributed by atoms with van der Waals surface area (Å²) in [6, 6.07) is 14.5. The van der Waals surface area contributed by atoms with Gasteiger partial charge in [-0.15, -0.1) is 0 Å². The molecule has 3 heteroatoms. The highest BCUT2D eigenvalue weighted by Crippen LogP contribution is 2.64. The molecule has 98 valence electrons. The molecule has 0 spiro atoms. The minimum atomic E-state index is -0.0428. The second-order valence-electron chi connectivity index (χ2n) is 5.75. The fraction of sp³-hybridized carbons (Fsp3) is 0.235. The Morgan fingerprint density at radius 2 is 1.60 bits per heavy atom. The molecule has 2 bridgehead atoms. The van der Waals surface area contributed by atoms with Crippen LogP contribution in [0.15, 0.2) is 42.5 Å². The number of benzene rings is 2. The Balaban J connectivity index is 1.75. The van der Waals surface area contributed by atoms with Crippen molar-refractivity contribution in [1.82, 2.24) is 0 Å². The van der Waals surface area contributed by atoms with Gasteiger partial charge in [-0.3, -0.25) is 4.79 Å². The van der Waals surface area contributed by atoms with Gasteiger partial charge in [0.2, 0.25) is 0 Å². The quantitative estimate of drug-likeness (QED) is 0.652. The molecule has 2 heterocycles.